The first-order valence-electron chi connectivity index (χ1n) is 4.36. The molecule has 0 saturated heterocycles. The Kier molecular flexibility index (Phi) is 4.90. The third-order valence-electron chi connectivity index (χ3n) is 1.95. The fourth-order valence-corrected chi connectivity index (χ4v) is 0.647. The molecule has 0 aromatic rings. The minimum Gasteiger partial charge on any atom is -0.375 e. The van der Waals surface area contributed by atoms with Crippen molar-refractivity contribution >= 4 is 5.91 Å². The van der Waals surface area contributed by atoms with E-state index in [0.717, 1.165) is 6.42 Å². The Bertz CT molecular complexity index is 143. The third-order valence-corrected chi connectivity index (χ3v) is 1.95. The highest BCUT2D eigenvalue weighted by Gasteiger charge is 2.14. The topological polar surface area (TPSA) is 38.3 Å². The maximum Gasteiger partial charge on any atom is 0.222 e. The predicted octanol–water partition coefficient (Wildman–Crippen LogP) is 1.33. The summed E-state index contributed by atoms with van der Waals surface area (Å²) in [4.78, 5) is 10.8. The van der Waals surface area contributed by atoms with Gasteiger partial charge in [-0.15, -0.1) is 0 Å². The molecule has 0 bridgehead atoms. The lowest BCUT2D eigenvalue weighted by Crippen LogP contribution is -2.26. The van der Waals surface area contributed by atoms with Gasteiger partial charge < -0.3 is 10.1 Å². The van der Waals surface area contributed by atoms with Gasteiger partial charge >= 0.3 is 0 Å². The molecule has 0 unspecified atom stereocenters. The molecule has 0 aromatic carbocycles. The molecule has 1 amide bonds. The largest absolute Gasteiger partial charge is 0.375 e. The fourth-order valence-electron chi connectivity index (χ4n) is 0.647. The maximum absolute atomic E-state index is 10.8. The minimum absolute atomic E-state index is 0.0295. The summed E-state index contributed by atoms with van der Waals surface area (Å²) in [6.45, 7) is 6.62. The molecule has 0 fully saturated rings. The van der Waals surface area contributed by atoms with Crippen molar-refractivity contribution in [3.8, 4) is 0 Å². The Hall–Kier alpha value is -0.570. The second-order valence-electron chi connectivity index (χ2n) is 3.38. The van der Waals surface area contributed by atoms with Gasteiger partial charge in [0.25, 0.3) is 0 Å². The van der Waals surface area contributed by atoms with Crippen molar-refractivity contribution in [2.24, 2.45) is 0 Å². The molecule has 12 heavy (non-hydrogen) atoms. The van der Waals surface area contributed by atoms with Crippen LogP contribution in [0.4, 0.5) is 0 Å². The first-order valence-corrected chi connectivity index (χ1v) is 4.36. The SMILES string of the molecule is CCC(C)(C)OCCC(=O)NC. The van der Waals surface area contributed by atoms with Crippen LogP contribution in [0.5, 0.6) is 0 Å². The molecule has 0 aliphatic rings. The van der Waals surface area contributed by atoms with Crippen LogP contribution in [0.2, 0.25) is 0 Å². The molecule has 0 aliphatic carbocycles. The van der Waals surface area contributed by atoms with Gasteiger partial charge in [0.2, 0.25) is 5.91 Å². The van der Waals surface area contributed by atoms with Gasteiger partial charge in [0, 0.05) is 13.5 Å². The van der Waals surface area contributed by atoms with E-state index in [2.05, 4.69) is 12.2 Å². The van der Waals surface area contributed by atoms with Gasteiger partial charge in [0.05, 0.1) is 12.2 Å². The lowest BCUT2D eigenvalue weighted by molar-refractivity contribution is -0.123. The van der Waals surface area contributed by atoms with Gasteiger partial charge in [-0.1, -0.05) is 6.92 Å². The van der Waals surface area contributed by atoms with Crippen molar-refractivity contribution < 1.29 is 9.53 Å². The molecule has 0 saturated carbocycles. The van der Waals surface area contributed by atoms with E-state index in [0.29, 0.717) is 13.0 Å². The molecular weight excluding hydrogens is 154 g/mol. The first kappa shape index (κ1) is 11.4. The number of nitrogens with one attached hydrogen (secondary N) is 1. The van der Waals surface area contributed by atoms with Crippen molar-refractivity contribution in [3.63, 3.8) is 0 Å². The van der Waals surface area contributed by atoms with Crippen LogP contribution in [-0.2, 0) is 9.53 Å². The van der Waals surface area contributed by atoms with Crippen molar-refractivity contribution in [3.05, 3.63) is 0 Å². The number of amides is 1. The summed E-state index contributed by atoms with van der Waals surface area (Å²) < 4.78 is 5.49. The Morgan fingerprint density at radius 1 is 1.50 bits per heavy atom. The van der Waals surface area contributed by atoms with Gasteiger partial charge in [0.1, 0.15) is 0 Å². The van der Waals surface area contributed by atoms with Crippen molar-refractivity contribution in [1.82, 2.24) is 5.32 Å². The summed E-state index contributed by atoms with van der Waals surface area (Å²) >= 11 is 0. The average molecular weight is 173 g/mol. The molecule has 0 heterocycles. The normalized spacial score (nSPS) is 11.3. The lowest BCUT2D eigenvalue weighted by atomic mass is 10.1. The van der Waals surface area contributed by atoms with Crippen LogP contribution in [0.3, 0.4) is 0 Å². The highest BCUT2D eigenvalue weighted by atomic mass is 16.5. The molecule has 1 N–H and O–H groups in total. The van der Waals surface area contributed by atoms with E-state index >= 15 is 0 Å². The summed E-state index contributed by atoms with van der Waals surface area (Å²) in [5, 5.41) is 2.55. The summed E-state index contributed by atoms with van der Waals surface area (Å²) in [7, 11) is 1.63. The van der Waals surface area contributed by atoms with Crippen LogP contribution in [0.25, 0.3) is 0 Å². The van der Waals surface area contributed by atoms with E-state index in [9.17, 15) is 4.79 Å². The number of carbonyl (C=O) groups excluding carboxylic acids is 1. The lowest BCUT2D eigenvalue weighted by Gasteiger charge is -2.23. The molecule has 3 heteroatoms. The highest BCUT2D eigenvalue weighted by Crippen LogP contribution is 2.13. The molecule has 0 aromatic heterocycles. The number of hydrogen-bond acceptors (Lipinski definition) is 2. The molecule has 0 aliphatic heterocycles. The van der Waals surface area contributed by atoms with E-state index in [1.165, 1.54) is 0 Å². The van der Waals surface area contributed by atoms with Crippen LogP contribution < -0.4 is 5.32 Å². The van der Waals surface area contributed by atoms with Crippen LogP contribution in [0.15, 0.2) is 0 Å². The molecule has 0 rings (SSSR count). The second kappa shape index (κ2) is 5.14. The summed E-state index contributed by atoms with van der Waals surface area (Å²) in [6, 6.07) is 0. The third kappa shape index (κ3) is 5.13. The van der Waals surface area contributed by atoms with Crippen LogP contribution in [0, 0.1) is 0 Å². The quantitative estimate of drug-likeness (QED) is 0.681. The van der Waals surface area contributed by atoms with E-state index in [1.54, 1.807) is 7.05 Å². The summed E-state index contributed by atoms with van der Waals surface area (Å²) in [6.07, 6.45) is 1.40. The van der Waals surface area contributed by atoms with Crippen molar-refractivity contribution in [1.29, 1.82) is 0 Å². The van der Waals surface area contributed by atoms with Gasteiger partial charge in [0.15, 0.2) is 0 Å². The minimum atomic E-state index is -0.103. The molecular formula is C9H19NO2. The Balaban J connectivity index is 3.49. The summed E-state index contributed by atoms with van der Waals surface area (Å²) in [5.41, 5.74) is -0.103. The van der Waals surface area contributed by atoms with Crippen LogP contribution in [0.1, 0.15) is 33.6 Å². The smallest absolute Gasteiger partial charge is 0.222 e. The van der Waals surface area contributed by atoms with Crippen molar-refractivity contribution in [2.75, 3.05) is 13.7 Å². The first-order chi connectivity index (χ1) is 5.52. The zero-order valence-electron chi connectivity index (χ0n) is 8.44. The number of rotatable bonds is 5. The molecule has 0 radical (unpaired) electrons. The van der Waals surface area contributed by atoms with Crippen LogP contribution in [-0.4, -0.2) is 25.2 Å². The van der Waals surface area contributed by atoms with Crippen LogP contribution >= 0.6 is 0 Å². The molecule has 3 nitrogen and oxygen atoms in total. The van der Waals surface area contributed by atoms with Gasteiger partial charge in [-0.05, 0) is 20.3 Å². The fraction of sp³-hybridized carbons (Fsp3) is 0.889. The predicted molar refractivity (Wildman–Crippen MR) is 49.0 cm³/mol. The number of ether oxygens (including phenoxy) is 1. The Morgan fingerprint density at radius 2 is 2.08 bits per heavy atom. The zero-order valence-corrected chi connectivity index (χ0v) is 8.44. The van der Waals surface area contributed by atoms with E-state index in [1.807, 2.05) is 13.8 Å². The molecule has 72 valence electrons. The zero-order chi connectivity index (χ0) is 9.61. The average Bonchev–Trinajstić information content (AvgIpc) is 2.04. The molecule has 0 atom stereocenters. The Labute approximate surface area is 74.5 Å². The number of carbonyl (C=O) groups is 1. The standard InChI is InChI=1S/C9H19NO2/c1-5-9(2,3)12-7-6-8(11)10-4/h5-7H2,1-4H3,(H,10,11). The van der Waals surface area contributed by atoms with E-state index < -0.39 is 0 Å². The van der Waals surface area contributed by atoms with E-state index in [-0.39, 0.29) is 11.5 Å². The highest BCUT2D eigenvalue weighted by molar-refractivity contribution is 5.75. The second-order valence-corrected chi connectivity index (χ2v) is 3.38. The Morgan fingerprint density at radius 3 is 2.50 bits per heavy atom. The number of hydrogen-bond donors (Lipinski definition) is 1. The molecule has 0 spiro atoms. The van der Waals surface area contributed by atoms with Gasteiger partial charge in [-0.3, -0.25) is 4.79 Å². The summed E-state index contributed by atoms with van der Waals surface area (Å²) in [5.74, 6) is 0.0295. The maximum atomic E-state index is 10.8. The van der Waals surface area contributed by atoms with E-state index in [4.69, 9.17) is 4.74 Å². The van der Waals surface area contributed by atoms with Gasteiger partial charge in [-0.25, -0.2) is 0 Å². The monoisotopic (exact) mass is 173 g/mol. The van der Waals surface area contributed by atoms with Crippen molar-refractivity contribution in [2.45, 2.75) is 39.2 Å². The van der Waals surface area contributed by atoms with Gasteiger partial charge in [-0.2, -0.15) is 0 Å².